The summed E-state index contributed by atoms with van der Waals surface area (Å²) < 4.78 is 14.5. The molecule has 2 aromatic carbocycles. The largest absolute Gasteiger partial charge is 0.465 e. The van der Waals surface area contributed by atoms with E-state index in [1.807, 2.05) is 0 Å². The van der Waals surface area contributed by atoms with Crippen LogP contribution in [-0.2, 0) is 23.8 Å². The Morgan fingerprint density at radius 3 is 2.30 bits per heavy atom. The first-order valence-electron chi connectivity index (χ1n) is 8.85. The monoisotopic (exact) mass is 405 g/mol. The van der Waals surface area contributed by atoms with Gasteiger partial charge in [-0.25, -0.2) is 19.2 Å². The van der Waals surface area contributed by atoms with Crippen LogP contribution in [0.15, 0.2) is 66.0 Å². The molecule has 0 aromatic heterocycles. The van der Waals surface area contributed by atoms with Crippen LogP contribution in [0.25, 0.3) is 10.8 Å². The van der Waals surface area contributed by atoms with Gasteiger partial charge in [0.2, 0.25) is 0 Å². The molecule has 0 bridgehead atoms. The molecule has 0 saturated carbocycles. The molecule has 2 aromatic rings. The number of cyclic esters (lactones) is 2. The first-order valence-corrected chi connectivity index (χ1v) is 8.85. The van der Waals surface area contributed by atoms with Crippen molar-refractivity contribution >= 4 is 40.3 Å². The van der Waals surface area contributed by atoms with Crippen LogP contribution < -0.4 is 4.90 Å². The van der Waals surface area contributed by atoms with Crippen molar-refractivity contribution in [3.63, 3.8) is 0 Å². The lowest BCUT2D eigenvalue weighted by Crippen LogP contribution is -2.27. The Balaban J connectivity index is 2.03. The number of hydrogen-bond donors (Lipinski definition) is 0. The Hall–Kier alpha value is -4.20. The van der Waals surface area contributed by atoms with E-state index >= 15 is 0 Å². The molecule has 0 unspecified atom stereocenters. The van der Waals surface area contributed by atoms with Gasteiger partial charge in [0.05, 0.1) is 36.6 Å². The normalized spacial score (nSPS) is 15.2. The number of ether oxygens (including phenoxy) is 3. The zero-order chi connectivity index (χ0) is 21.4. The molecule has 0 aliphatic carbocycles. The summed E-state index contributed by atoms with van der Waals surface area (Å²) in [4.78, 5) is 50.9. The minimum atomic E-state index is -0.762. The predicted molar refractivity (Wildman–Crippen MR) is 106 cm³/mol. The van der Waals surface area contributed by atoms with E-state index < -0.39 is 23.9 Å². The number of methoxy groups -OCH3 is 2. The van der Waals surface area contributed by atoms with Crippen LogP contribution in [0.2, 0.25) is 0 Å². The Bertz CT molecular complexity index is 1200. The van der Waals surface area contributed by atoms with E-state index in [1.165, 1.54) is 31.3 Å². The lowest BCUT2D eigenvalue weighted by atomic mass is 9.95. The molecule has 0 N–H and O–H groups in total. The highest BCUT2D eigenvalue weighted by Crippen LogP contribution is 2.37. The van der Waals surface area contributed by atoms with Crippen LogP contribution in [0.1, 0.15) is 20.7 Å². The molecule has 2 aliphatic rings. The lowest BCUT2D eigenvalue weighted by Gasteiger charge is -2.26. The van der Waals surface area contributed by atoms with Crippen LogP contribution in [-0.4, -0.2) is 38.1 Å². The van der Waals surface area contributed by atoms with Crippen LogP contribution in [0.5, 0.6) is 0 Å². The summed E-state index contributed by atoms with van der Waals surface area (Å²) in [6.07, 6.45) is 6.24. The van der Waals surface area contributed by atoms with Gasteiger partial charge in [0.15, 0.2) is 0 Å². The van der Waals surface area contributed by atoms with Crippen molar-refractivity contribution in [3.8, 4) is 0 Å². The molecule has 8 heteroatoms. The van der Waals surface area contributed by atoms with Crippen molar-refractivity contribution in [1.82, 2.24) is 0 Å². The van der Waals surface area contributed by atoms with Gasteiger partial charge in [-0.05, 0) is 30.4 Å². The number of esters is 4. The summed E-state index contributed by atoms with van der Waals surface area (Å²) >= 11 is 0. The molecule has 150 valence electrons. The number of nitrogens with zero attached hydrogens (tertiary/aromatic N) is 1. The van der Waals surface area contributed by atoms with Gasteiger partial charge in [-0.2, -0.15) is 0 Å². The first-order chi connectivity index (χ1) is 14.5. The lowest BCUT2D eigenvalue weighted by molar-refractivity contribution is -0.139. The van der Waals surface area contributed by atoms with Gasteiger partial charge in [0, 0.05) is 17.0 Å². The molecule has 0 spiro atoms. The molecule has 4 rings (SSSR count). The highest BCUT2D eigenvalue weighted by atomic mass is 16.6. The summed E-state index contributed by atoms with van der Waals surface area (Å²) in [5.41, 5.74) is 0.847. The molecule has 8 nitrogen and oxygen atoms in total. The van der Waals surface area contributed by atoms with E-state index in [2.05, 4.69) is 0 Å². The molecule has 2 aliphatic heterocycles. The average molecular weight is 405 g/mol. The van der Waals surface area contributed by atoms with Crippen molar-refractivity contribution in [2.75, 3.05) is 19.1 Å². The van der Waals surface area contributed by atoms with Crippen LogP contribution in [0, 0.1) is 0 Å². The van der Waals surface area contributed by atoms with E-state index in [1.54, 1.807) is 42.6 Å². The van der Waals surface area contributed by atoms with Gasteiger partial charge >= 0.3 is 23.9 Å². The van der Waals surface area contributed by atoms with Crippen molar-refractivity contribution in [1.29, 1.82) is 0 Å². The van der Waals surface area contributed by atoms with Crippen molar-refractivity contribution < 1.29 is 33.4 Å². The van der Waals surface area contributed by atoms with Gasteiger partial charge in [0.1, 0.15) is 5.70 Å². The standard InChI is InChI=1S/C22H15NO7/c1-28-19(24)15-6-3-4-11-23(18(15)22(27)29-2)16-10-9-14-17-12(16)7-5-8-13(17)20(25)30-21(14)26/h3-11H,1-2H3. The number of carbonyl (C=O) groups is 4. The van der Waals surface area contributed by atoms with E-state index in [4.69, 9.17) is 14.2 Å². The van der Waals surface area contributed by atoms with E-state index in [-0.39, 0.29) is 22.4 Å². The van der Waals surface area contributed by atoms with E-state index in [0.717, 1.165) is 0 Å². The number of anilines is 1. The van der Waals surface area contributed by atoms with E-state index in [0.29, 0.717) is 16.5 Å². The van der Waals surface area contributed by atoms with Crippen LogP contribution in [0.4, 0.5) is 5.69 Å². The highest BCUT2D eigenvalue weighted by molar-refractivity contribution is 6.23. The molecule has 0 radical (unpaired) electrons. The maximum Gasteiger partial charge on any atom is 0.355 e. The molecule has 2 heterocycles. The second-order valence-corrected chi connectivity index (χ2v) is 6.35. The van der Waals surface area contributed by atoms with Crippen LogP contribution in [0.3, 0.4) is 0 Å². The molecular formula is C22H15NO7. The number of rotatable bonds is 3. The molecule has 30 heavy (non-hydrogen) atoms. The van der Waals surface area contributed by atoms with Gasteiger partial charge in [-0.3, -0.25) is 0 Å². The molecule has 0 saturated heterocycles. The molecular weight excluding hydrogens is 390 g/mol. The molecule has 0 atom stereocenters. The van der Waals surface area contributed by atoms with Crippen molar-refractivity contribution in [3.05, 3.63) is 77.2 Å². The Morgan fingerprint density at radius 2 is 1.60 bits per heavy atom. The number of carbonyl (C=O) groups excluding carboxylic acids is 4. The first kappa shape index (κ1) is 19.1. The summed E-state index contributed by atoms with van der Waals surface area (Å²) in [6, 6.07) is 8.02. The number of benzene rings is 2. The minimum absolute atomic E-state index is 0.00897. The Labute approximate surface area is 170 Å². The summed E-state index contributed by atoms with van der Waals surface area (Å²) in [5, 5.41) is 0.929. The number of hydrogen-bond acceptors (Lipinski definition) is 8. The summed E-state index contributed by atoms with van der Waals surface area (Å²) in [6.45, 7) is 0. The maximum absolute atomic E-state index is 12.7. The van der Waals surface area contributed by atoms with Gasteiger partial charge < -0.3 is 19.1 Å². The third-order valence-electron chi connectivity index (χ3n) is 4.79. The van der Waals surface area contributed by atoms with Gasteiger partial charge in [-0.15, -0.1) is 0 Å². The highest BCUT2D eigenvalue weighted by Gasteiger charge is 2.32. The maximum atomic E-state index is 12.7. The average Bonchev–Trinajstić information content (AvgIpc) is 2.98. The zero-order valence-corrected chi connectivity index (χ0v) is 16.0. The Morgan fingerprint density at radius 1 is 0.900 bits per heavy atom. The van der Waals surface area contributed by atoms with Gasteiger partial charge in [0.25, 0.3) is 0 Å². The zero-order valence-electron chi connectivity index (χ0n) is 16.0. The van der Waals surface area contributed by atoms with Gasteiger partial charge in [-0.1, -0.05) is 18.2 Å². The Kier molecular flexibility index (Phi) is 4.67. The van der Waals surface area contributed by atoms with Crippen molar-refractivity contribution in [2.24, 2.45) is 0 Å². The minimum Gasteiger partial charge on any atom is -0.465 e. The smallest absolute Gasteiger partial charge is 0.355 e. The third kappa shape index (κ3) is 2.86. The second-order valence-electron chi connectivity index (χ2n) is 6.35. The number of allylic oxidation sites excluding steroid dienone is 2. The second kappa shape index (κ2) is 7.32. The molecule has 0 amide bonds. The topological polar surface area (TPSA) is 99.2 Å². The summed E-state index contributed by atoms with van der Waals surface area (Å²) in [7, 11) is 2.41. The fourth-order valence-electron chi connectivity index (χ4n) is 3.49. The predicted octanol–water partition coefficient (Wildman–Crippen LogP) is 2.64. The molecule has 0 fully saturated rings. The third-order valence-corrected chi connectivity index (χ3v) is 4.79. The van der Waals surface area contributed by atoms with E-state index in [9.17, 15) is 19.2 Å². The van der Waals surface area contributed by atoms with Crippen molar-refractivity contribution in [2.45, 2.75) is 0 Å². The fraction of sp³-hybridized carbons (Fsp3) is 0.0909. The quantitative estimate of drug-likeness (QED) is 0.437. The fourth-order valence-corrected chi connectivity index (χ4v) is 3.49. The summed E-state index contributed by atoms with van der Waals surface area (Å²) in [5.74, 6) is -2.98. The van der Waals surface area contributed by atoms with Crippen LogP contribution >= 0.6 is 0 Å². The SMILES string of the molecule is COC(=O)C1=C(C(=O)OC)N(c2ccc3c4c(cccc24)C(=O)OC3=O)C=CC=C1.